The lowest BCUT2D eigenvalue weighted by molar-refractivity contribution is -0.124. The van der Waals surface area contributed by atoms with Gasteiger partial charge in [-0.1, -0.05) is 0 Å². The van der Waals surface area contributed by atoms with Gasteiger partial charge in [-0.05, 0) is 31.9 Å². The number of hydrogen-bond donors (Lipinski definition) is 1. The molecule has 1 N–H and O–H groups in total. The Morgan fingerprint density at radius 2 is 2.53 bits per heavy atom. The molecule has 1 fully saturated rings. The molecule has 0 radical (unpaired) electrons. The lowest BCUT2D eigenvalue weighted by Gasteiger charge is -2.11. The fraction of sp³-hybridized carbons (Fsp3) is 0.455. The summed E-state index contributed by atoms with van der Waals surface area (Å²) in [7, 11) is 0. The summed E-state index contributed by atoms with van der Waals surface area (Å²) in [6, 6.07) is 3.65. The average Bonchev–Trinajstić information content (AvgIpc) is 2.74. The summed E-state index contributed by atoms with van der Waals surface area (Å²) in [6.45, 7) is 2.55. The van der Waals surface area contributed by atoms with Gasteiger partial charge in [-0.3, -0.25) is 9.78 Å². The van der Waals surface area contributed by atoms with E-state index in [9.17, 15) is 4.79 Å². The highest BCUT2D eigenvalue weighted by Crippen LogP contribution is 2.16. The van der Waals surface area contributed by atoms with Gasteiger partial charge in [0.1, 0.15) is 6.10 Å². The van der Waals surface area contributed by atoms with Crippen molar-refractivity contribution in [2.45, 2.75) is 25.9 Å². The SMILES string of the molecule is Cc1ncccc1NC(=O)C1CCCO1. The van der Waals surface area contributed by atoms with Crippen molar-refractivity contribution >= 4 is 11.6 Å². The minimum atomic E-state index is -0.287. The first-order chi connectivity index (χ1) is 7.27. The molecule has 0 aliphatic carbocycles. The third-order valence-corrected chi connectivity index (χ3v) is 2.49. The molecular formula is C11H14N2O2. The van der Waals surface area contributed by atoms with E-state index in [0.717, 1.165) is 24.2 Å². The van der Waals surface area contributed by atoms with Gasteiger partial charge in [0.2, 0.25) is 0 Å². The minimum Gasteiger partial charge on any atom is -0.368 e. The molecule has 1 amide bonds. The van der Waals surface area contributed by atoms with Crippen molar-refractivity contribution in [2.24, 2.45) is 0 Å². The second kappa shape index (κ2) is 4.40. The second-order valence-corrected chi connectivity index (χ2v) is 3.63. The molecule has 1 saturated heterocycles. The summed E-state index contributed by atoms with van der Waals surface area (Å²) in [5, 5.41) is 2.83. The van der Waals surface area contributed by atoms with Crippen LogP contribution in [0.3, 0.4) is 0 Å². The van der Waals surface area contributed by atoms with Gasteiger partial charge in [0, 0.05) is 12.8 Å². The Balaban J connectivity index is 2.02. The van der Waals surface area contributed by atoms with Crippen LogP contribution >= 0.6 is 0 Å². The maximum Gasteiger partial charge on any atom is 0.253 e. The Morgan fingerprint density at radius 3 is 3.20 bits per heavy atom. The zero-order valence-corrected chi connectivity index (χ0v) is 8.69. The molecule has 1 aliphatic rings. The van der Waals surface area contributed by atoms with Crippen molar-refractivity contribution < 1.29 is 9.53 Å². The first kappa shape index (κ1) is 10.1. The summed E-state index contributed by atoms with van der Waals surface area (Å²) in [5.41, 5.74) is 1.59. The molecule has 4 nitrogen and oxygen atoms in total. The van der Waals surface area contributed by atoms with E-state index in [0.29, 0.717) is 6.61 Å². The van der Waals surface area contributed by atoms with E-state index >= 15 is 0 Å². The van der Waals surface area contributed by atoms with E-state index in [1.54, 1.807) is 12.3 Å². The summed E-state index contributed by atoms with van der Waals surface area (Å²) in [4.78, 5) is 15.8. The Kier molecular flexibility index (Phi) is 2.97. The maximum atomic E-state index is 11.7. The van der Waals surface area contributed by atoms with E-state index in [-0.39, 0.29) is 12.0 Å². The lowest BCUT2D eigenvalue weighted by Crippen LogP contribution is -2.27. The smallest absolute Gasteiger partial charge is 0.253 e. The number of rotatable bonds is 2. The second-order valence-electron chi connectivity index (χ2n) is 3.63. The van der Waals surface area contributed by atoms with Crippen molar-refractivity contribution in [1.29, 1.82) is 0 Å². The molecule has 1 atom stereocenters. The van der Waals surface area contributed by atoms with E-state index < -0.39 is 0 Å². The predicted molar refractivity (Wildman–Crippen MR) is 56.6 cm³/mol. The predicted octanol–water partition coefficient (Wildman–Crippen LogP) is 1.51. The Bertz CT molecular complexity index is 359. The van der Waals surface area contributed by atoms with Gasteiger partial charge in [0.05, 0.1) is 11.4 Å². The number of nitrogens with zero attached hydrogens (tertiary/aromatic N) is 1. The molecule has 0 aromatic carbocycles. The molecule has 2 heterocycles. The Labute approximate surface area is 88.7 Å². The summed E-state index contributed by atoms with van der Waals surface area (Å²) < 4.78 is 5.29. The third-order valence-electron chi connectivity index (χ3n) is 2.49. The zero-order valence-electron chi connectivity index (χ0n) is 8.69. The number of ether oxygens (including phenoxy) is 1. The highest BCUT2D eigenvalue weighted by molar-refractivity contribution is 5.94. The van der Waals surface area contributed by atoms with Crippen LogP contribution < -0.4 is 5.32 Å². The van der Waals surface area contributed by atoms with Crippen LogP contribution in [-0.2, 0) is 9.53 Å². The molecule has 0 saturated carbocycles. The van der Waals surface area contributed by atoms with Gasteiger partial charge in [-0.2, -0.15) is 0 Å². The zero-order chi connectivity index (χ0) is 10.7. The van der Waals surface area contributed by atoms with Crippen molar-refractivity contribution in [1.82, 2.24) is 4.98 Å². The summed E-state index contributed by atoms with van der Waals surface area (Å²) >= 11 is 0. The number of pyridine rings is 1. The normalized spacial score (nSPS) is 20.2. The van der Waals surface area contributed by atoms with Crippen LogP contribution in [0.1, 0.15) is 18.5 Å². The minimum absolute atomic E-state index is 0.0661. The molecule has 1 aliphatic heterocycles. The maximum absolute atomic E-state index is 11.7. The van der Waals surface area contributed by atoms with Gasteiger partial charge in [0.25, 0.3) is 5.91 Å². The Hall–Kier alpha value is -1.42. The average molecular weight is 206 g/mol. The monoisotopic (exact) mass is 206 g/mol. The first-order valence-corrected chi connectivity index (χ1v) is 5.11. The Morgan fingerprint density at radius 1 is 1.67 bits per heavy atom. The van der Waals surface area contributed by atoms with Crippen LogP contribution in [0.25, 0.3) is 0 Å². The number of amides is 1. The molecule has 2 rings (SSSR count). The van der Waals surface area contributed by atoms with E-state index in [1.807, 2.05) is 13.0 Å². The lowest BCUT2D eigenvalue weighted by atomic mass is 10.2. The molecule has 15 heavy (non-hydrogen) atoms. The van der Waals surface area contributed by atoms with Crippen LogP contribution in [-0.4, -0.2) is 23.6 Å². The molecule has 1 aromatic heterocycles. The van der Waals surface area contributed by atoms with E-state index in [1.165, 1.54) is 0 Å². The number of carbonyl (C=O) groups excluding carboxylic acids is 1. The van der Waals surface area contributed by atoms with Gasteiger partial charge in [0.15, 0.2) is 0 Å². The topological polar surface area (TPSA) is 51.2 Å². The van der Waals surface area contributed by atoms with Gasteiger partial charge in [-0.25, -0.2) is 0 Å². The fourth-order valence-corrected chi connectivity index (χ4v) is 1.61. The van der Waals surface area contributed by atoms with Gasteiger partial charge in [-0.15, -0.1) is 0 Å². The number of anilines is 1. The van der Waals surface area contributed by atoms with Crippen molar-refractivity contribution in [3.63, 3.8) is 0 Å². The largest absolute Gasteiger partial charge is 0.368 e. The highest BCUT2D eigenvalue weighted by Gasteiger charge is 2.23. The molecular weight excluding hydrogens is 192 g/mol. The van der Waals surface area contributed by atoms with Crippen LogP contribution in [0.5, 0.6) is 0 Å². The van der Waals surface area contributed by atoms with Crippen molar-refractivity contribution in [3.05, 3.63) is 24.0 Å². The van der Waals surface area contributed by atoms with Crippen LogP contribution in [0, 0.1) is 6.92 Å². The van der Waals surface area contributed by atoms with Crippen LogP contribution in [0.15, 0.2) is 18.3 Å². The molecule has 1 aromatic rings. The number of hydrogen-bond acceptors (Lipinski definition) is 3. The number of aromatic nitrogens is 1. The summed E-state index contributed by atoms with van der Waals surface area (Å²) in [6.07, 6.45) is 3.19. The van der Waals surface area contributed by atoms with Crippen molar-refractivity contribution in [3.8, 4) is 0 Å². The van der Waals surface area contributed by atoms with Crippen LogP contribution in [0.2, 0.25) is 0 Å². The molecule has 4 heteroatoms. The van der Waals surface area contributed by atoms with E-state index in [2.05, 4.69) is 10.3 Å². The summed E-state index contributed by atoms with van der Waals surface area (Å²) in [5.74, 6) is -0.0661. The number of aryl methyl sites for hydroxylation is 1. The van der Waals surface area contributed by atoms with Crippen LogP contribution in [0.4, 0.5) is 5.69 Å². The molecule has 0 bridgehead atoms. The van der Waals surface area contributed by atoms with E-state index in [4.69, 9.17) is 4.74 Å². The molecule has 0 spiro atoms. The quantitative estimate of drug-likeness (QED) is 0.798. The standard InChI is InChI=1S/C11H14N2O2/c1-8-9(4-2-6-12-8)13-11(14)10-5-3-7-15-10/h2,4,6,10H,3,5,7H2,1H3,(H,13,14). The number of carbonyl (C=O) groups is 1. The van der Waals surface area contributed by atoms with Gasteiger partial charge >= 0.3 is 0 Å². The first-order valence-electron chi connectivity index (χ1n) is 5.11. The van der Waals surface area contributed by atoms with Gasteiger partial charge < -0.3 is 10.1 Å². The third kappa shape index (κ3) is 2.33. The molecule has 1 unspecified atom stereocenters. The fourth-order valence-electron chi connectivity index (χ4n) is 1.61. The van der Waals surface area contributed by atoms with Crippen molar-refractivity contribution in [2.75, 3.05) is 11.9 Å². The highest BCUT2D eigenvalue weighted by atomic mass is 16.5. The molecule has 80 valence electrons. The number of nitrogens with one attached hydrogen (secondary N) is 1.